The van der Waals surface area contributed by atoms with Gasteiger partial charge in [-0.3, -0.25) is 23.6 Å². The van der Waals surface area contributed by atoms with E-state index in [-0.39, 0.29) is 71.2 Å². The normalized spacial score (nSPS) is 14.0. The van der Waals surface area contributed by atoms with Crippen molar-refractivity contribution >= 4 is 54.2 Å². The molecule has 74 heavy (non-hydrogen) atoms. The molecule has 29 heteroatoms. The molecule has 10 rings (SSSR count). The van der Waals surface area contributed by atoms with Crippen molar-refractivity contribution in [1.29, 1.82) is 0 Å². The van der Waals surface area contributed by atoms with Crippen LogP contribution in [0.25, 0.3) is 33.8 Å². The van der Waals surface area contributed by atoms with Crippen LogP contribution in [0.3, 0.4) is 0 Å². The lowest BCUT2D eigenvalue weighted by Gasteiger charge is -2.23. The highest BCUT2D eigenvalue weighted by molar-refractivity contribution is 7.92. The molecular weight excluding hydrogens is 1020 g/mol. The number of halogens is 4. The molecule has 1 aliphatic heterocycles. The first-order chi connectivity index (χ1) is 35.4. The number of aromatic nitrogens is 12. The minimum atomic E-state index is -4.05. The third-order valence-corrected chi connectivity index (χ3v) is 15.3. The number of hydrogen-bond acceptors (Lipinski definition) is 16. The van der Waals surface area contributed by atoms with Crippen molar-refractivity contribution < 1.29 is 53.5 Å². The van der Waals surface area contributed by atoms with E-state index in [1.807, 2.05) is 0 Å². The van der Waals surface area contributed by atoms with Gasteiger partial charge >= 0.3 is 13.2 Å². The number of nitrogens with zero attached hydrogens (tertiary/aromatic N) is 12. The summed E-state index contributed by atoms with van der Waals surface area (Å²) in [7, 11) is -3.13. The number of amides is 2. The molecule has 3 N–H and O–H groups in total. The van der Waals surface area contributed by atoms with Gasteiger partial charge in [-0.25, -0.2) is 35.8 Å². The second-order valence-corrected chi connectivity index (χ2v) is 20.5. The Morgan fingerprint density at radius 2 is 1.19 bits per heavy atom. The number of rotatable bonds is 14. The average molecular weight is 1060 g/mol. The van der Waals surface area contributed by atoms with Crippen LogP contribution in [0.1, 0.15) is 33.6 Å². The van der Waals surface area contributed by atoms with Crippen molar-refractivity contribution in [2.45, 2.75) is 46.0 Å². The van der Waals surface area contributed by atoms with E-state index in [1.165, 1.54) is 90.9 Å². The van der Waals surface area contributed by atoms with Gasteiger partial charge in [-0.05, 0) is 67.9 Å². The highest BCUT2D eigenvalue weighted by atomic mass is 32.2. The van der Waals surface area contributed by atoms with Crippen molar-refractivity contribution in [3.8, 4) is 34.0 Å². The lowest BCUT2D eigenvalue weighted by atomic mass is 10.1. The van der Waals surface area contributed by atoms with Gasteiger partial charge in [0.15, 0.2) is 21.1 Å². The van der Waals surface area contributed by atoms with Gasteiger partial charge in [0.1, 0.15) is 38.9 Å². The van der Waals surface area contributed by atoms with Crippen LogP contribution in [-0.2, 0) is 40.8 Å². The zero-order valence-corrected chi connectivity index (χ0v) is 40.5. The first-order valence-electron chi connectivity index (χ1n) is 22.0. The number of fused-ring (bicyclic) bond motifs is 2. The predicted octanol–water partition coefficient (Wildman–Crippen LogP) is 5.06. The van der Waals surface area contributed by atoms with Crippen molar-refractivity contribution in [3.63, 3.8) is 0 Å². The SMILES string of the molecule is Cn1cc(NC(=O)c2cnn3cccnc23)c(-c2cc(S(=O)(=O)C3CCCNC3)ccc2OC(F)F)n1.Cn1cc(S(=O)(=O)c2ccc(OC(F)F)c(-c3nn(C)cc3NC(=O)c3cnn4cccnc34)c2)cn1. The highest BCUT2D eigenvalue weighted by Crippen LogP contribution is 2.40. The number of nitrogens with one attached hydrogen (secondary N) is 3. The smallest absolute Gasteiger partial charge is 0.387 e. The Kier molecular flexibility index (Phi) is 14.0. The molecule has 7 aromatic heterocycles. The van der Waals surface area contributed by atoms with Crippen LogP contribution in [0.4, 0.5) is 28.9 Å². The van der Waals surface area contributed by atoms with Crippen LogP contribution < -0.4 is 25.4 Å². The van der Waals surface area contributed by atoms with Crippen molar-refractivity contribution in [1.82, 2.24) is 63.9 Å². The molecule has 2 amide bonds. The van der Waals surface area contributed by atoms with Gasteiger partial charge in [-0.1, -0.05) is 0 Å². The number of anilines is 2. The summed E-state index contributed by atoms with van der Waals surface area (Å²) in [6.45, 7) is -5.31. The standard InChI is InChI=1S/C23H23F2N7O4S.C22H18F2N8O4S/c1-31-13-18(29-22(33)17-12-28-32-9-3-8-27-21(17)32)20(30-31)16-10-14(5-6-19(16)36-23(24)25)37(34,35)15-4-2-7-26-11-15;1-30-11-14(9-26-30)37(34,35)13-4-5-18(36-22(23)24)15(8-13)19-17(12-31(2)29-19)28-21(33)16-10-27-32-7-3-6-25-20(16)32/h3,5-6,8-10,12-13,15,23,26H,2,4,7,11H2,1H3,(H,29,33);3-12,22H,1-2H3,(H,28,33). The Hall–Kier alpha value is -8.57. The predicted molar refractivity (Wildman–Crippen MR) is 254 cm³/mol. The number of alkyl halides is 4. The van der Waals surface area contributed by atoms with E-state index >= 15 is 0 Å². The molecular formula is C45H41F4N15O8S2. The summed E-state index contributed by atoms with van der Waals surface area (Å²) in [6.07, 6.45) is 15.6. The maximum absolute atomic E-state index is 13.3. The molecule has 0 radical (unpaired) electrons. The second kappa shape index (κ2) is 20.5. The van der Waals surface area contributed by atoms with Gasteiger partial charge in [0.05, 0.1) is 45.0 Å². The zero-order chi connectivity index (χ0) is 52.5. The number of carbonyl (C=O) groups excluding carboxylic acids is 2. The summed E-state index contributed by atoms with van der Waals surface area (Å²) in [4.78, 5) is 34.1. The van der Waals surface area contributed by atoms with Crippen LogP contribution in [-0.4, -0.2) is 119 Å². The zero-order valence-electron chi connectivity index (χ0n) is 38.9. The fourth-order valence-electron chi connectivity index (χ4n) is 7.99. The summed E-state index contributed by atoms with van der Waals surface area (Å²) in [5.74, 6) is -1.75. The van der Waals surface area contributed by atoms with E-state index in [4.69, 9.17) is 0 Å². The van der Waals surface area contributed by atoms with Crippen LogP contribution in [0, 0.1) is 0 Å². The topological polar surface area (TPSA) is 271 Å². The van der Waals surface area contributed by atoms with E-state index in [2.05, 4.69) is 60.9 Å². The minimum Gasteiger partial charge on any atom is -0.434 e. The Morgan fingerprint density at radius 3 is 1.66 bits per heavy atom. The van der Waals surface area contributed by atoms with E-state index < -0.39 is 50.0 Å². The molecule has 2 aromatic carbocycles. The quantitative estimate of drug-likeness (QED) is 0.120. The van der Waals surface area contributed by atoms with Crippen molar-refractivity contribution in [2.75, 3.05) is 23.7 Å². The van der Waals surface area contributed by atoms with Crippen LogP contribution in [0.2, 0.25) is 0 Å². The Balaban J connectivity index is 0.000000182. The lowest BCUT2D eigenvalue weighted by Crippen LogP contribution is -2.38. The Bertz CT molecular complexity index is 3790. The molecule has 23 nitrogen and oxygen atoms in total. The van der Waals surface area contributed by atoms with Gasteiger partial charge < -0.3 is 25.4 Å². The van der Waals surface area contributed by atoms with E-state index in [0.29, 0.717) is 30.7 Å². The molecule has 0 bridgehead atoms. The Morgan fingerprint density at radius 1 is 0.676 bits per heavy atom. The number of sulfone groups is 2. The fourth-order valence-corrected chi connectivity index (χ4v) is 11.0. The molecule has 1 atom stereocenters. The molecule has 1 saturated heterocycles. The van der Waals surface area contributed by atoms with Crippen LogP contribution in [0.5, 0.6) is 11.5 Å². The van der Waals surface area contributed by atoms with Gasteiger partial charge in [-0.15, -0.1) is 0 Å². The third-order valence-electron chi connectivity index (χ3n) is 11.4. The molecule has 0 saturated carbocycles. The Labute approximate surface area is 416 Å². The summed E-state index contributed by atoms with van der Waals surface area (Å²) in [5, 5.41) is 28.5. The maximum Gasteiger partial charge on any atom is 0.387 e. The molecule has 9 aromatic rings. The fraction of sp³-hybridized carbons (Fsp3) is 0.222. The second-order valence-electron chi connectivity index (χ2n) is 16.4. The lowest BCUT2D eigenvalue weighted by molar-refractivity contribution is -0.0501. The summed E-state index contributed by atoms with van der Waals surface area (Å²) in [5.41, 5.74) is 1.26. The first kappa shape index (κ1) is 50.4. The number of carbonyl (C=O) groups is 2. The first-order valence-corrected chi connectivity index (χ1v) is 25.0. The largest absolute Gasteiger partial charge is 0.434 e. The van der Waals surface area contributed by atoms with E-state index in [1.54, 1.807) is 45.7 Å². The molecule has 8 heterocycles. The molecule has 1 aliphatic rings. The molecule has 0 spiro atoms. The summed E-state index contributed by atoms with van der Waals surface area (Å²) < 4.78 is 122. The third kappa shape index (κ3) is 10.4. The van der Waals surface area contributed by atoms with E-state index in [0.717, 1.165) is 24.7 Å². The monoisotopic (exact) mass is 1060 g/mol. The van der Waals surface area contributed by atoms with Gasteiger partial charge in [0.2, 0.25) is 9.84 Å². The number of aryl methyl sites for hydroxylation is 3. The van der Waals surface area contributed by atoms with Crippen molar-refractivity contribution in [2.24, 2.45) is 21.1 Å². The van der Waals surface area contributed by atoms with Gasteiger partial charge in [-0.2, -0.15) is 43.1 Å². The molecule has 1 unspecified atom stereocenters. The average Bonchev–Trinajstić information content (AvgIpc) is 4.23. The number of ether oxygens (including phenoxy) is 2. The number of piperidine rings is 1. The molecule has 1 fully saturated rings. The van der Waals surface area contributed by atoms with Crippen molar-refractivity contribution in [3.05, 3.63) is 122 Å². The summed E-state index contributed by atoms with van der Waals surface area (Å²) in [6, 6.07) is 10.4. The van der Waals surface area contributed by atoms with Gasteiger partial charge in [0.25, 0.3) is 11.8 Å². The maximum atomic E-state index is 13.3. The number of benzene rings is 2. The van der Waals surface area contributed by atoms with Crippen LogP contribution in [0.15, 0.2) is 125 Å². The molecule has 384 valence electrons. The van der Waals surface area contributed by atoms with Gasteiger partial charge in [0, 0.05) is 82.2 Å². The number of hydrogen-bond donors (Lipinski definition) is 3. The van der Waals surface area contributed by atoms with E-state index in [9.17, 15) is 44.0 Å². The highest BCUT2D eigenvalue weighted by Gasteiger charge is 2.32. The molecule has 0 aliphatic carbocycles. The summed E-state index contributed by atoms with van der Waals surface area (Å²) >= 11 is 0. The minimum absolute atomic E-state index is 0.000896. The van der Waals surface area contributed by atoms with Crippen LogP contribution >= 0.6 is 0 Å².